The van der Waals surface area contributed by atoms with Gasteiger partial charge in [-0.3, -0.25) is 4.79 Å². The van der Waals surface area contributed by atoms with Gasteiger partial charge in [-0.2, -0.15) is 0 Å². The average molecular weight is 368 g/mol. The van der Waals surface area contributed by atoms with E-state index in [2.05, 4.69) is 33.1 Å². The number of hydrogen-bond donors (Lipinski definition) is 2. The molecule has 0 fully saturated rings. The lowest BCUT2D eigenvalue weighted by molar-refractivity contribution is -0.128. The predicted octanol–water partition coefficient (Wildman–Crippen LogP) is 3.24. The Hall–Kier alpha value is -1.82. The molecule has 1 amide bonds. The fourth-order valence-corrected chi connectivity index (χ4v) is 2.75. The van der Waals surface area contributed by atoms with Crippen LogP contribution >= 0.6 is 15.9 Å². The summed E-state index contributed by atoms with van der Waals surface area (Å²) < 4.78 is 14.6. The third kappa shape index (κ3) is 3.68. The smallest absolute Gasteiger partial charge is 0.219 e. The van der Waals surface area contributed by atoms with E-state index in [0.29, 0.717) is 28.9 Å². The molecule has 1 heterocycles. The van der Waals surface area contributed by atoms with Gasteiger partial charge in [0.2, 0.25) is 5.91 Å². The van der Waals surface area contributed by atoms with E-state index in [1.807, 2.05) is 7.05 Å². The molecule has 0 unspecified atom stereocenters. The highest BCUT2D eigenvalue weighted by Gasteiger charge is 2.22. The van der Waals surface area contributed by atoms with Crippen molar-refractivity contribution in [3.8, 4) is 0 Å². The van der Waals surface area contributed by atoms with Gasteiger partial charge in [0.15, 0.2) is 0 Å². The molecule has 0 spiro atoms. The van der Waals surface area contributed by atoms with Crippen molar-refractivity contribution in [1.82, 2.24) is 10.2 Å². The predicted molar refractivity (Wildman–Crippen MR) is 89.8 cm³/mol. The molecule has 6 heteroatoms. The first-order chi connectivity index (χ1) is 10.4. The molecule has 0 saturated heterocycles. The Balaban J connectivity index is 2.22. The van der Waals surface area contributed by atoms with E-state index < -0.39 is 0 Å². The molecule has 0 aliphatic carbocycles. The van der Waals surface area contributed by atoms with Crippen LogP contribution in [0, 0.1) is 5.82 Å². The van der Waals surface area contributed by atoms with E-state index in [1.54, 1.807) is 24.0 Å². The van der Waals surface area contributed by atoms with Crippen molar-refractivity contribution in [1.29, 1.82) is 0 Å². The van der Waals surface area contributed by atoms with Gasteiger partial charge >= 0.3 is 0 Å². The first-order valence-corrected chi connectivity index (χ1v) is 7.78. The molecular weight excluding hydrogens is 349 g/mol. The van der Waals surface area contributed by atoms with Gasteiger partial charge < -0.3 is 15.5 Å². The molecule has 1 aromatic rings. The number of nitrogens with zero attached hydrogens (tertiary/aromatic N) is 1. The van der Waals surface area contributed by atoms with Crippen molar-refractivity contribution < 1.29 is 9.18 Å². The van der Waals surface area contributed by atoms with E-state index in [9.17, 15) is 9.18 Å². The second kappa shape index (κ2) is 6.96. The van der Waals surface area contributed by atoms with Crippen LogP contribution in [0.2, 0.25) is 0 Å². The highest BCUT2D eigenvalue weighted by molar-refractivity contribution is 9.10. The number of amides is 1. The second-order valence-electron chi connectivity index (χ2n) is 5.13. The Morgan fingerprint density at radius 1 is 1.45 bits per heavy atom. The summed E-state index contributed by atoms with van der Waals surface area (Å²) in [6, 6.07) is 4.80. The summed E-state index contributed by atoms with van der Waals surface area (Å²) >= 11 is 3.23. The molecule has 1 aliphatic rings. The maximum absolute atomic E-state index is 13.9. The molecule has 0 saturated carbocycles. The fraction of sp³-hybridized carbons (Fsp3) is 0.312. The van der Waals surface area contributed by atoms with Gasteiger partial charge in [-0.05, 0) is 18.2 Å². The van der Waals surface area contributed by atoms with Gasteiger partial charge in [0.1, 0.15) is 5.82 Å². The molecule has 0 aromatic heterocycles. The monoisotopic (exact) mass is 367 g/mol. The second-order valence-corrected chi connectivity index (χ2v) is 6.04. The van der Waals surface area contributed by atoms with Crippen molar-refractivity contribution in [3.05, 3.63) is 52.0 Å². The third-order valence-corrected chi connectivity index (χ3v) is 4.17. The highest BCUT2D eigenvalue weighted by Crippen LogP contribution is 2.25. The van der Waals surface area contributed by atoms with Crippen molar-refractivity contribution in [2.75, 3.05) is 25.5 Å². The molecule has 118 valence electrons. The summed E-state index contributed by atoms with van der Waals surface area (Å²) in [4.78, 5) is 13.3. The first kappa shape index (κ1) is 16.5. The van der Waals surface area contributed by atoms with E-state index >= 15 is 0 Å². The number of carbonyl (C=O) groups is 1. The van der Waals surface area contributed by atoms with Crippen LogP contribution in [-0.2, 0) is 4.79 Å². The highest BCUT2D eigenvalue weighted by atomic mass is 79.9. The van der Waals surface area contributed by atoms with Gasteiger partial charge in [0.05, 0.1) is 5.69 Å². The van der Waals surface area contributed by atoms with E-state index in [1.165, 1.54) is 6.07 Å². The van der Waals surface area contributed by atoms with Crippen LogP contribution in [0.1, 0.15) is 13.3 Å². The lowest BCUT2D eigenvalue weighted by atomic mass is 10.0. The molecule has 2 N–H and O–H groups in total. The number of halogens is 2. The lowest BCUT2D eigenvalue weighted by Gasteiger charge is -2.31. The van der Waals surface area contributed by atoms with E-state index in [-0.39, 0.29) is 11.7 Å². The summed E-state index contributed by atoms with van der Waals surface area (Å²) in [7, 11) is 1.84. The Labute approximate surface area is 138 Å². The van der Waals surface area contributed by atoms with Gasteiger partial charge in [0, 0.05) is 54.9 Å². The molecule has 0 atom stereocenters. The molecule has 1 aromatic carbocycles. The molecular formula is C16H19BrFN3O. The van der Waals surface area contributed by atoms with Crippen LogP contribution in [0.4, 0.5) is 10.1 Å². The fourth-order valence-electron chi connectivity index (χ4n) is 2.41. The van der Waals surface area contributed by atoms with Gasteiger partial charge in [-0.1, -0.05) is 22.5 Å². The summed E-state index contributed by atoms with van der Waals surface area (Å²) in [5.41, 5.74) is 2.87. The quantitative estimate of drug-likeness (QED) is 0.858. The molecule has 1 aliphatic heterocycles. The SMILES string of the molecule is C=C(Nc1ccc(Br)cc1F)C1=C(NC)CCN(C(C)=O)C1. The zero-order valence-corrected chi connectivity index (χ0v) is 14.3. The maximum Gasteiger partial charge on any atom is 0.219 e. The van der Waals surface area contributed by atoms with Crippen LogP contribution in [0.3, 0.4) is 0 Å². The van der Waals surface area contributed by atoms with Crippen molar-refractivity contribution in [3.63, 3.8) is 0 Å². The standard InChI is InChI=1S/C16H19BrFN3O/c1-10(20-16-5-4-12(17)8-14(16)18)13-9-21(11(2)22)7-6-15(13)19-3/h4-5,8,19-20H,1,6-7,9H2,2-3H3. The lowest BCUT2D eigenvalue weighted by Crippen LogP contribution is -2.38. The minimum atomic E-state index is -0.360. The van der Waals surface area contributed by atoms with Crippen molar-refractivity contribution >= 4 is 27.5 Å². The molecule has 0 radical (unpaired) electrons. The van der Waals surface area contributed by atoms with E-state index in [4.69, 9.17) is 0 Å². The number of anilines is 1. The number of benzene rings is 1. The Morgan fingerprint density at radius 3 is 2.77 bits per heavy atom. The number of nitrogens with one attached hydrogen (secondary N) is 2. The molecule has 4 nitrogen and oxygen atoms in total. The van der Waals surface area contributed by atoms with Crippen molar-refractivity contribution in [2.45, 2.75) is 13.3 Å². The normalized spacial score (nSPS) is 14.8. The third-order valence-electron chi connectivity index (χ3n) is 3.67. The molecule has 0 bridgehead atoms. The van der Waals surface area contributed by atoms with Crippen molar-refractivity contribution in [2.24, 2.45) is 0 Å². The Bertz CT molecular complexity index is 642. The van der Waals surface area contributed by atoms with Gasteiger partial charge in [-0.25, -0.2) is 4.39 Å². The maximum atomic E-state index is 13.9. The molecule has 2 rings (SSSR count). The van der Waals surface area contributed by atoms with Crippen LogP contribution < -0.4 is 10.6 Å². The number of hydrogen-bond acceptors (Lipinski definition) is 3. The van der Waals surface area contributed by atoms with Crippen LogP contribution in [0.15, 0.2) is 46.2 Å². The Morgan fingerprint density at radius 2 is 2.18 bits per heavy atom. The minimum absolute atomic E-state index is 0.0234. The number of rotatable bonds is 4. The summed E-state index contributed by atoms with van der Waals surface area (Å²) in [5, 5.41) is 6.15. The minimum Gasteiger partial charge on any atom is -0.391 e. The zero-order chi connectivity index (χ0) is 16.3. The summed E-state index contributed by atoms with van der Waals surface area (Å²) in [5.74, 6) is -0.336. The van der Waals surface area contributed by atoms with Gasteiger partial charge in [0.25, 0.3) is 0 Å². The van der Waals surface area contributed by atoms with E-state index in [0.717, 1.165) is 17.7 Å². The summed E-state index contributed by atoms with van der Waals surface area (Å²) in [6.07, 6.45) is 0.731. The van der Waals surface area contributed by atoms with Crippen LogP contribution in [0.25, 0.3) is 0 Å². The van der Waals surface area contributed by atoms with Gasteiger partial charge in [-0.15, -0.1) is 0 Å². The Kier molecular flexibility index (Phi) is 5.24. The molecule has 22 heavy (non-hydrogen) atoms. The number of carbonyl (C=O) groups excluding carboxylic acids is 1. The largest absolute Gasteiger partial charge is 0.391 e. The topological polar surface area (TPSA) is 44.4 Å². The van der Waals surface area contributed by atoms with Crippen LogP contribution in [0.5, 0.6) is 0 Å². The first-order valence-electron chi connectivity index (χ1n) is 6.99. The zero-order valence-electron chi connectivity index (χ0n) is 12.7. The average Bonchev–Trinajstić information content (AvgIpc) is 2.49. The van der Waals surface area contributed by atoms with Crippen LogP contribution in [-0.4, -0.2) is 30.9 Å². The summed E-state index contributed by atoms with van der Waals surface area (Å²) in [6.45, 7) is 6.70.